The summed E-state index contributed by atoms with van der Waals surface area (Å²) in [5.74, 6) is 2.71. The molecular formula is C15H29NO2S. The van der Waals surface area contributed by atoms with Gasteiger partial charge >= 0.3 is 0 Å². The number of aliphatic hydroxyl groups is 1. The van der Waals surface area contributed by atoms with E-state index in [9.17, 15) is 5.11 Å². The molecule has 3 nitrogen and oxygen atoms in total. The molecule has 0 saturated carbocycles. The normalized spacial score (nSPS) is 34.9. The van der Waals surface area contributed by atoms with Crippen LogP contribution in [0.3, 0.4) is 0 Å². The first-order valence-electron chi connectivity index (χ1n) is 7.61. The molecule has 0 aromatic carbocycles. The van der Waals surface area contributed by atoms with Gasteiger partial charge < -0.3 is 15.2 Å². The fraction of sp³-hybridized carbons (Fsp3) is 1.00. The van der Waals surface area contributed by atoms with E-state index >= 15 is 0 Å². The molecule has 0 aromatic rings. The fourth-order valence-corrected chi connectivity index (χ4v) is 4.62. The van der Waals surface area contributed by atoms with Crippen LogP contribution in [-0.2, 0) is 4.74 Å². The second-order valence-electron chi connectivity index (χ2n) is 6.74. The maximum atomic E-state index is 10.8. The Kier molecular flexibility index (Phi) is 5.21. The van der Waals surface area contributed by atoms with E-state index in [0.29, 0.717) is 12.0 Å². The lowest BCUT2D eigenvalue weighted by Gasteiger charge is -2.43. The zero-order valence-electron chi connectivity index (χ0n) is 12.6. The molecule has 4 heteroatoms. The molecule has 2 N–H and O–H groups in total. The van der Waals surface area contributed by atoms with Crippen molar-refractivity contribution in [2.24, 2.45) is 5.92 Å². The Bertz CT molecular complexity index is 288. The van der Waals surface area contributed by atoms with Gasteiger partial charge in [0.1, 0.15) is 0 Å². The molecule has 2 heterocycles. The molecule has 0 amide bonds. The molecule has 0 bridgehead atoms. The van der Waals surface area contributed by atoms with E-state index in [2.05, 4.69) is 19.2 Å². The number of rotatable bonds is 5. The third-order valence-corrected chi connectivity index (χ3v) is 5.85. The summed E-state index contributed by atoms with van der Waals surface area (Å²) >= 11 is 1.99. The van der Waals surface area contributed by atoms with Crippen LogP contribution in [0, 0.1) is 5.92 Å². The van der Waals surface area contributed by atoms with Crippen molar-refractivity contribution in [3.8, 4) is 0 Å². The van der Waals surface area contributed by atoms with Crippen molar-refractivity contribution >= 4 is 11.8 Å². The third-order valence-electron chi connectivity index (χ3n) is 4.62. The van der Waals surface area contributed by atoms with Crippen molar-refractivity contribution in [3.63, 3.8) is 0 Å². The minimum Gasteiger partial charge on any atom is -0.390 e. The Hall–Kier alpha value is 0.230. The van der Waals surface area contributed by atoms with Crippen LogP contribution in [0.15, 0.2) is 0 Å². The van der Waals surface area contributed by atoms with Gasteiger partial charge in [0.2, 0.25) is 0 Å². The van der Waals surface area contributed by atoms with Gasteiger partial charge in [-0.3, -0.25) is 0 Å². The molecule has 3 atom stereocenters. The lowest BCUT2D eigenvalue weighted by molar-refractivity contribution is -0.128. The van der Waals surface area contributed by atoms with Crippen molar-refractivity contribution in [1.29, 1.82) is 0 Å². The summed E-state index contributed by atoms with van der Waals surface area (Å²) in [5, 5.41) is 14.2. The summed E-state index contributed by atoms with van der Waals surface area (Å²) in [6.07, 6.45) is 4.03. The molecule has 2 aliphatic rings. The van der Waals surface area contributed by atoms with Gasteiger partial charge in [-0.15, -0.1) is 0 Å². The van der Waals surface area contributed by atoms with Gasteiger partial charge in [-0.05, 0) is 50.8 Å². The van der Waals surface area contributed by atoms with Crippen LogP contribution < -0.4 is 5.32 Å². The molecule has 0 aromatic heterocycles. The molecule has 3 unspecified atom stereocenters. The van der Waals surface area contributed by atoms with Gasteiger partial charge in [0.15, 0.2) is 0 Å². The molecule has 2 rings (SSSR count). The van der Waals surface area contributed by atoms with Crippen molar-refractivity contribution in [3.05, 3.63) is 0 Å². The molecule has 2 fully saturated rings. The average molecular weight is 287 g/mol. The predicted molar refractivity (Wildman–Crippen MR) is 81.7 cm³/mol. The maximum absolute atomic E-state index is 10.8. The zero-order valence-corrected chi connectivity index (χ0v) is 13.4. The molecular weight excluding hydrogens is 258 g/mol. The first-order valence-corrected chi connectivity index (χ1v) is 8.76. The Labute approximate surface area is 121 Å². The summed E-state index contributed by atoms with van der Waals surface area (Å²) in [6, 6.07) is 0.489. The number of hydrogen-bond donors (Lipinski definition) is 2. The zero-order chi connectivity index (χ0) is 13.9. The van der Waals surface area contributed by atoms with Gasteiger partial charge in [-0.1, -0.05) is 13.8 Å². The SMILES string of the molecule is CC(C)NCCC(C)(O)C1CCOC2(CCSC2)C1. The van der Waals surface area contributed by atoms with E-state index in [1.54, 1.807) is 0 Å². The minimum absolute atomic E-state index is 0.0725. The summed E-state index contributed by atoms with van der Waals surface area (Å²) in [4.78, 5) is 0. The van der Waals surface area contributed by atoms with E-state index in [1.807, 2.05) is 18.7 Å². The topological polar surface area (TPSA) is 41.5 Å². The lowest BCUT2D eigenvalue weighted by atomic mass is 9.75. The summed E-state index contributed by atoms with van der Waals surface area (Å²) in [6.45, 7) is 8.02. The van der Waals surface area contributed by atoms with E-state index in [1.165, 1.54) is 5.75 Å². The molecule has 0 radical (unpaired) electrons. The molecule has 1 spiro atoms. The smallest absolute Gasteiger partial charge is 0.0784 e. The van der Waals surface area contributed by atoms with Crippen LogP contribution in [0.2, 0.25) is 0 Å². The second-order valence-corrected chi connectivity index (χ2v) is 7.84. The Morgan fingerprint density at radius 3 is 2.95 bits per heavy atom. The number of thioether (sulfide) groups is 1. The van der Waals surface area contributed by atoms with Crippen LogP contribution >= 0.6 is 11.8 Å². The highest BCUT2D eigenvalue weighted by molar-refractivity contribution is 7.99. The van der Waals surface area contributed by atoms with Gasteiger partial charge in [0.25, 0.3) is 0 Å². The molecule has 19 heavy (non-hydrogen) atoms. The highest BCUT2D eigenvalue weighted by atomic mass is 32.2. The summed E-state index contributed by atoms with van der Waals surface area (Å²) in [5.41, 5.74) is -0.491. The minimum atomic E-state index is -0.564. The van der Waals surface area contributed by atoms with E-state index in [-0.39, 0.29) is 5.60 Å². The van der Waals surface area contributed by atoms with Crippen molar-refractivity contribution in [2.75, 3.05) is 24.7 Å². The standard InChI is InChI=1S/C15H29NO2S/c1-12(2)16-7-5-14(3,17)13-4-8-18-15(10-13)6-9-19-11-15/h12-13,16-17H,4-11H2,1-3H3. The van der Waals surface area contributed by atoms with Crippen LogP contribution in [0.5, 0.6) is 0 Å². The summed E-state index contributed by atoms with van der Waals surface area (Å²) in [7, 11) is 0. The molecule has 2 aliphatic heterocycles. The van der Waals surface area contributed by atoms with Crippen LogP contribution in [-0.4, -0.2) is 47.0 Å². The predicted octanol–water partition coefficient (Wildman–Crippen LogP) is 2.43. The van der Waals surface area contributed by atoms with Crippen molar-refractivity contribution in [2.45, 2.75) is 63.7 Å². The average Bonchev–Trinajstić information content (AvgIpc) is 2.76. The third kappa shape index (κ3) is 4.10. The van der Waals surface area contributed by atoms with Gasteiger partial charge in [0, 0.05) is 18.4 Å². The van der Waals surface area contributed by atoms with Crippen LogP contribution in [0.4, 0.5) is 0 Å². The van der Waals surface area contributed by atoms with Crippen LogP contribution in [0.25, 0.3) is 0 Å². The second kappa shape index (κ2) is 6.33. The first-order chi connectivity index (χ1) is 8.94. The van der Waals surface area contributed by atoms with Gasteiger partial charge in [-0.25, -0.2) is 0 Å². The number of ether oxygens (including phenoxy) is 1. The van der Waals surface area contributed by atoms with Gasteiger partial charge in [0.05, 0.1) is 11.2 Å². The molecule has 2 saturated heterocycles. The summed E-state index contributed by atoms with van der Waals surface area (Å²) < 4.78 is 6.05. The number of nitrogens with one attached hydrogen (secondary N) is 1. The number of hydrogen-bond acceptors (Lipinski definition) is 4. The lowest BCUT2D eigenvalue weighted by Crippen LogP contribution is -2.48. The van der Waals surface area contributed by atoms with E-state index in [0.717, 1.165) is 44.6 Å². The largest absolute Gasteiger partial charge is 0.390 e. The first kappa shape index (κ1) is 15.6. The Morgan fingerprint density at radius 1 is 1.53 bits per heavy atom. The van der Waals surface area contributed by atoms with Crippen molar-refractivity contribution in [1.82, 2.24) is 5.32 Å². The van der Waals surface area contributed by atoms with Crippen LogP contribution in [0.1, 0.15) is 46.5 Å². The maximum Gasteiger partial charge on any atom is 0.0784 e. The van der Waals surface area contributed by atoms with E-state index < -0.39 is 5.60 Å². The highest BCUT2D eigenvalue weighted by Gasteiger charge is 2.45. The van der Waals surface area contributed by atoms with Gasteiger partial charge in [-0.2, -0.15) is 11.8 Å². The Morgan fingerprint density at radius 2 is 2.32 bits per heavy atom. The van der Waals surface area contributed by atoms with E-state index in [4.69, 9.17) is 4.74 Å². The highest BCUT2D eigenvalue weighted by Crippen LogP contribution is 2.44. The van der Waals surface area contributed by atoms with Crippen molar-refractivity contribution < 1.29 is 9.84 Å². The Balaban J connectivity index is 1.88. The quantitative estimate of drug-likeness (QED) is 0.815. The monoisotopic (exact) mass is 287 g/mol. The molecule has 112 valence electrons. The molecule has 0 aliphatic carbocycles. The fourth-order valence-electron chi connectivity index (χ4n) is 3.24.